The van der Waals surface area contributed by atoms with Crippen molar-refractivity contribution in [2.45, 2.75) is 26.8 Å². The lowest BCUT2D eigenvalue weighted by atomic mass is 9.98. The number of phenols is 2. The number of rotatable bonds is 4. The van der Waals surface area contributed by atoms with Crippen molar-refractivity contribution >= 4 is 11.6 Å². The van der Waals surface area contributed by atoms with Gasteiger partial charge in [0, 0.05) is 37.9 Å². The van der Waals surface area contributed by atoms with E-state index in [2.05, 4.69) is 18.7 Å². The van der Waals surface area contributed by atoms with Gasteiger partial charge in [0.1, 0.15) is 11.5 Å². The Bertz CT molecular complexity index is 785. The largest absolute Gasteiger partial charge is 0.508 e. The Balaban J connectivity index is 1.82. The van der Waals surface area contributed by atoms with Gasteiger partial charge in [-0.1, -0.05) is 6.07 Å². The van der Waals surface area contributed by atoms with Crippen molar-refractivity contribution in [3.8, 4) is 11.5 Å². The van der Waals surface area contributed by atoms with Crippen LogP contribution in [0.1, 0.15) is 35.3 Å². The average Bonchev–Trinajstić information content (AvgIpc) is 2.61. The minimum absolute atomic E-state index is 0.0103. The SMILES string of the molecule is CCN(CC)c1ccc(C(=O)N2CCc3ccc(O)cc3C2)c(O)c1. The number of anilines is 1. The first-order valence-electron chi connectivity index (χ1n) is 8.71. The van der Waals surface area contributed by atoms with Crippen molar-refractivity contribution in [1.29, 1.82) is 0 Å². The maximum absolute atomic E-state index is 12.8. The Morgan fingerprint density at radius 2 is 1.84 bits per heavy atom. The molecule has 1 amide bonds. The van der Waals surface area contributed by atoms with Crippen LogP contribution < -0.4 is 4.90 Å². The Morgan fingerprint density at radius 3 is 2.52 bits per heavy atom. The lowest BCUT2D eigenvalue weighted by Gasteiger charge is -2.29. The number of amides is 1. The van der Waals surface area contributed by atoms with E-state index in [-0.39, 0.29) is 17.4 Å². The van der Waals surface area contributed by atoms with Gasteiger partial charge in [-0.15, -0.1) is 0 Å². The number of hydrogen-bond donors (Lipinski definition) is 2. The Labute approximate surface area is 148 Å². The monoisotopic (exact) mass is 340 g/mol. The van der Waals surface area contributed by atoms with Gasteiger partial charge in [-0.2, -0.15) is 0 Å². The molecule has 0 fully saturated rings. The van der Waals surface area contributed by atoms with Crippen molar-refractivity contribution in [2.24, 2.45) is 0 Å². The number of hydrogen-bond acceptors (Lipinski definition) is 4. The van der Waals surface area contributed by atoms with E-state index >= 15 is 0 Å². The average molecular weight is 340 g/mol. The maximum atomic E-state index is 12.8. The summed E-state index contributed by atoms with van der Waals surface area (Å²) in [6.45, 7) is 6.85. The summed E-state index contributed by atoms with van der Waals surface area (Å²) in [7, 11) is 0. The number of carbonyl (C=O) groups excluding carboxylic acids is 1. The summed E-state index contributed by atoms with van der Waals surface area (Å²) in [5.74, 6) is 0.0353. The summed E-state index contributed by atoms with van der Waals surface area (Å²) >= 11 is 0. The lowest BCUT2D eigenvalue weighted by Crippen LogP contribution is -2.36. The van der Waals surface area contributed by atoms with E-state index in [1.807, 2.05) is 12.1 Å². The molecule has 0 aliphatic carbocycles. The molecule has 0 saturated carbocycles. The second-order valence-electron chi connectivity index (χ2n) is 6.30. The molecule has 5 heteroatoms. The van der Waals surface area contributed by atoms with Crippen LogP contribution in [0.2, 0.25) is 0 Å². The summed E-state index contributed by atoms with van der Waals surface area (Å²) < 4.78 is 0. The third-order valence-corrected chi connectivity index (χ3v) is 4.83. The predicted octanol–water partition coefficient (Wildman–Crippen LogP) is 3.14. The molecule has 2 aromatic rings. The van der Waals surface area contributed by atoms with E-state index in [0.717, 1.165) is 36.3 Å². The van der Waals surface area contributed by atoms with E-state index in [1.165, 1.54) is 0 Å². The maximum Gasteiger partial charge on any atom is 0.257 e. The van der Waals surface area contributed by atoms with Gasteiger partial charge in [-0.3, -0.25) is 4.79 Å². The molecule has 1 heterocycles. The molecule has 2 aromatic carbocycles. The number of nitrogens with zero attached hydrogens (tertiary/aromatic N) is 2. The van der Waals surface area contributed by atoms with Gasteiger partial charge >= 0.3 is 0 Å². The fourth-order valence-corrected chi connectivity index (χ4v) is 3.37. The van der Waals surface area contributed by atoms with Crippen LogP contribution in [-0.4, -0.2) is 40.7 Å². The van der Waals surface area contributed by atoms with Crippen LogP contribution in [-0.2, 0) is 13.0 Å². The normalized spacial score (nSPS) is 13.4. The van der Waals surface area contributed by atoms with E-state index in [4.69, 9.17) is 0 Å². The zero-order valence-electron chi connectivity index (χ0n) is 14.7. The molecule has 0 radical (unpaired) electrons. The first-order valence-corrected chi connectivity index (χ1v) is 8.71. The fraction of sp³-hybridized carbons (Fsp3) is 0.350. The van der Waals surface area contributed by atoms with E-state index < -0.39 is 0 Å². The number of fused-ring (bicyclic) bond motifs is 1. The third kappa shape index (κ3) is 3.40. The smallest absolute Gasteiger partial charge is 0.257 e. The first-order chi connectivity index (χ1) is 12.0. The Kier molecular flexibility index (Phi) is 4.83. The first kappa shape index (κ1) is 17.1. The van der Waals surface area contributed by atoms with Crippen molar-refractivity contribution in [2.75, 3.05) is 24.5 Å². The van der Waals surface area contributed by atoms with Crippen LogP contribution in [0.5, 0.6) is 11.5 Å². The van der Waals surface area contributed by atoms with Gasteiger partial charge in [0.15, 0.2) is 0 Å². The van der Waals surface area contributed by atoms with E-state index in [0.29, 0.717) is 18.7 Å². The number of benzene rings is 2. The zero-order chi connectivity index (χ0) is 18.0. The molecule has 3 rings (SSSR count). The summed E-state index contributed by atoms with van der Waals surface area (Å²) in [5.41, 5.74) is 3.34. The molecule has 132 valence electrons. The van der Waals surface area contributed by atoms with Crippen LogP contribution in [0.3, 0.4) is 0 Å². The molecule has 0 aromatic heterocycles. The van der Waals surface area contributed by atoms with Crippen molar-refractivity contribution in [1.82, 2.24) is 4.90 Å². The number of aromatic hydroxyl groups is 2. The molecular formula is C20H24N2O3. The molecule has 0 spiro atoms. The molecular weight excluding hydrogens is 316 g/mol. The van der Waals surface area contributed by atoms with Gasteiger partial charge in [-0.25, -0.2) is 0 Å². The van der Waals surface area contributed by atoms with Crippen LogP contribution in [0.15, 0.2) is 36.4 Å². The summed E-state index contributed by atoms with van der Waals surface area (Å²) in [5, 5.41) is 20.0. The van der Waals surface area contributed by atoms with E-state index in [1.54, 1.807) is 29.2 Å². The molecule has 1 aliphatic rings. The van der Waals surface area contributed by atoms with E-state index in [9.17, 15) is 15.0 Å². The topological polar surface area (TPSA) is 64.0 Å². The van der Waals surface area contributed by atoms with Crippen molar-refractivity contribution in [3.63, 3.8) is 0 Å². The highest BCUT2D eigenvalue weighted by molar-refractivity contribution is 5.97. The van der Waals surface area contributed by atoms with Crippen LogP contribution in [0, 0.1) is 0 Å². The summed E-state index contributed by atoms with van der Waals surface area (Å²) in [6.07, 6.45) is 0.750. The number of carbonyl (C=O) groups is 1. The highest BCUT2D eigenvalue weighted by atomic mass is 16.3. The predicted molar refractivity (Wildman–Crippen MR) is 98.2 cm³/mol. The van der Waals surface area contributed by atoms with Crippen LogP contribution in [0.4, 0.5) is 5.69 Å². The second-order valence-corrected chi connectivity index (χ2v) is 6.30. The second kappa shape index (κ2) is 7.05. The summed E-state index contributed by atoms with van der Waals surface area (Å²) in [4.78, 5) is 16.7. The molecule has 0 saturated heterocycles. The minimum atomic E-state index is -0.183. The van der Waals surface area contributed by atoms with Crippen molar-refractivity contribution < 1.29 is 15.0 Å². The highest BCUT2D eigenvalue weighted by Crippen LogP contribution is 2.29. The molecule has 0 unspecified atom stereocenters. The fourth-order valence-electron chi connectivity index (χ4n) is 3.37. The molecule has 0 bridgehead atoms. The van der Waals surface area contributed by atoms with Crippen molar-refractivity contribution in [3.05, 3.63) is 53.1 Å². The van der Waals surface area contributed by atoms with Gasteiger partial charge in [0.25, 0.3) is 5.91 Å². The lowest BCUT2D eigenvalue weighted by molar-refractivity contribution is 0.0731. The molecule has 1 aliphatic heterocycles. The van der Waals surface area contributed by atoms with Gasteiger partial charge < -0.3 is 20.0 Å². The van der Waals surface area contributed by atoms with Crippen LogP contribution in [0.25, 0.3) is 0 Å². The Morgan fingerprint density at radius 1 is 1.08 bits per heavy atom. The van der Waals surface area contributed by atoms with Gasteiger partial charge in [-0.05, 0) is 55.7 Å². The number of phenolic OH excluding ortho intramolecular Hbond substituents is 2. The highest BCUT2D eigenvalue weighted by Gasteiger charge is 2.24. The third-order valence-electron chi connectivity index (χ3n) is 4.83. The molecule has 5 nitrogen and oxygen atoms in total. The molecule has 0 atom stereocenters. The van der Waals surface area contributed by atoms with Gasteiger partial charge in [0.05, 0.1) is 5.56 Å². The van der Waals surface area contributed by atoms with Gasteiger partial charge in [0.2, 0.25) is 0 Å². The Hall–Kier alpha value is -2.69. The standard InChI is InChI=1S/C20H24N2O3/c1-3-21(4-2)16-6-8-18(19(24)12-16)20(25)22-10-9-14-5-7-17(23)11-15(14)13-22/h5-8,11-12,23-24H,3-4,9-10,13H2,1-2H3. The zero-order valence-corrected chi connectivity index (χ0v) is 14.7. The quantitative estimate of drug-likeness (QED) is 0.897. The van der Waals surface area contributed by atoms with Crippen LogP contribution >= 0.6 is 0 Å². The summed E-state index contributed by atoms with van der Waals surface area (Å²) in [6, 6.07) is 10.5. The molecule has 25 heavy (non-hydrogen) atoms. The molecule has 2 N–H and O–H groups in total. The minimum Gasteiger partial charge on any atom is -0.508 e.